The highest BCUT2D eigenvalue weighted by atomic mass is 16.5. The molecule has 0 bridgehead atoms. The van der Waals surface area contributed by atoms with Crippen LogP contribution in [0.25, 0.3) is 0 Å². The van der Waals surface area contributed by atoms with E-state index >= 15 is 0 Å². The Hall–Kier alpha value is -0.870. The minimum atomic E-state index is -0.903. The summed E-state index contributed by atoms with van der Waals surface area (Å²) in [7, 11) is 1.31. The van der Waals surface area contributed by atoms with Gasteiger partial charge in [0.05, 0.1) is 19.3 Å². The normalized spacial score (nSPS) is 18.3. The molecule has 0 aromatic rings. The molecule has 21 heavy (non-hydrogen) atoms. The Morgan fingerprint density at radius 2 is 1.81 bits per heavy atom. The quantitative estimate of drug-likeness (QED) is 0.616. The van der Waals surface area contributed by atoms with Gasteiger partial charge in [-0.25, -0.2) is 0 Å². The highest BCUT2D eigenvalue weighted by Gasteiger charge is 2.17. The molecule has 4 nitrogen and oxygen atoms in total. The van der Waals surface area contributed by atoms with Crippen LogP contribution in [0.3, 0.4) is 0 Å². The van der Waals surface area contributed by atoms with Gasteiger partial charge in [0.15, 0.2) is 0 Å². The van der Waals surface area contributed by atoms with Gasteiger partial charge in [0.2, 0.25) is 0 Å². The summed E-state index contributed by atoms with van der Waals surface area (Å²) in [6.45, 7) is 11.8. The van der Waals surface area contributed by atoms with Crippen LogP contribution >= 0.6 is 0 Å². The van der Waals surface area contributed by atoms with E-state index < -0.39 is 5.60 Å². The average molecular weight is 304 g/mol. The van der Waals surface area contributed by atoms with Crippen LogP contribution < -0.4 is 0 Å². The summed E-state index contributed by atoms with van der Waals surface area (Å²) in [6, 6.07) is 0. The van der Waals surface area contributed by atoms with Crippen LogP contribution in [0, 0.1) is 5.92 Å². The topological polar surface area (TPSA) is 66.8 Å². The van der Waals surface area contributed by atoms with Crippen molar-refractivity contribution >= 4 is 6.47 Å². The lowest BCUT2D eigenvalue weighted by Gasteiger charge is -2.10. The van der Waals surface area contributed by atoms with Crippen molar-refractivity contribution < 1.29 is 19.7 Å². The zero-order chi connectivity index (χ0) is 17.3. The Labute approximate surface area is 131 Å². The molecule has 0 amide bonds. The van der Waals surface area contributed by atoms with E-state index in [0.717, 1.165) is 5.92 Å². The van der Waals surface area contributed by atoms with Crippen LogP contribution in [-0.4, -0.2) is 36.0 Å². The number of carbonyl (C=O) groups is 1. The lowest BCUT2D eigenvalue weighted by molar-refractivity contribution is -0.126. The van der Waals surface area contributed by atoms with Gasteiger partial charge in [-0.15, -0.1) is 0 Å². The second-order valence-corrected chi connectivity index (χ2v) is 5.16. The molecule has 4 heteroatoms. The van der Waals surface area contributed by atoms with E-state index in [2.05, 4.69) is 24.7 Å². The SMILES string of the molecule is C/C=C1/CCCC1CC.CC.CC(C)(O)CO.COC=O. The molecular formula is C17H36O4. The second-order valence-electron chi connectivity index (χ2n) is 5.16. The average Bonchev–Trinajstić information content (AvgIpc) is 2.97. The van der Waals surface area contributed by atoms with Crippen molar-refractivity contribution in [1.29, 1.82) is 0 Å². The van der Waals surface area contributed by atoms with Crippen LogP contribution in [0.2, 0.25) is 0 Å². The highest BCUT2D eigenvalue weighted by Crippen LogP contribution is 2.32. The van der Waals surface area contributed by atoms with Crippen molar-refractivity contribution in [2.24, 2.45) is 5.92 Å². The first-order valence-corrected chi connectivity index (χ1v) is 7.80. The molecule has 0 spiro atoms. The third-order valence-corrected chi connectivity index (χ3v) is 2.89. The zero-order valence-electron chi connectivity index (χ0n) is 15.0. The minimum absolute atomic E-state index is 0.174. The van der Waals surface area contributed by atoms with E-state index in [9.17, 15) is 0 Å². The summed E-state index contributed by atoms with van der Waals surface area (Å²) < 4.78 is 3.86. The predicted octanol–water partition coefficient (Wildman–Crippen LogP) is 3.71. The Balaban J connectivity index is -0.000000236. The molecule has 0 aromatic carbocycles. The van der Waals surface area contributed by atoms with E-state index in [1.165, 1.54) is 32.8 Å². The summed E-state index contributed by atoms with van der Waals surface area (Å²) in [5, 5.41) is 16.7. The van der Waals surface area contributed by atoms with Crippen LogP contribution in [0.4, 0.5) is 0 Å². The molecule has 1 rings (SSSR count). The molecule has 0 heterocycles. The van der Waals surface area contributed by atoms with Crippen molar-refractivity contribution in [2.75, 3.05) is 13.7 Å². The molecule has 128 valence electrons. The van der Waals surface area contributed by atoms with Crippen LogP contribution in [0.1, 0.15) is 67.2 Å². The maximum atomic E-state index is 8.95. The summed E-state index contributed by atoms with van der Waals surface area (Å²) in [5.74, 6) is 0.940. The monoisotopic (exact) mass is 304 g/mol. The largest absolute Gasteiger partial charge is 0.471 e. The lowest BCUT2D eigenvalue weighted by atomic mass is 10.0. The van der Waals surface area contributed by atoms with E-state index in [1.807, 2.05) is 13.8 Å². The third kappa shape index (κ3) is 19.1. The molecule has 1 fully saturated rings. The van der Waals surface area contributed by atoms with Gasteiger partial charge in [0.1, 0.15) is 0 Å². The number of rotatable bonds is 3. The number of methoxy groups -OCH3 is 1. The molecule has 1 unspecified atom stereocenters. The van der Waals surface area contributed by atoms with Crippen LogP contribution in [0.5, 0.6) is 0 Å². The fourth-order valence-corrected chi connectivity index (χ4v) is 1.79. The number of allylic oxidation sites excluding steroid dienone is 2. The summed E-state index contributed by atoms with van der Waals surface area (Å²) in [5.41, 5.74) is 0.803. The molecule has 0 aliphatic heterocycles. The molecule has 1 aliphatic carbocycles. The molecular weight excluding hydrogens is 268 g/mol. The van der Waals surface area contributed by atoms with Crippen molar-refractivity contribution in [3.8, 4) is 0 Å². The zero-order valence-corrected chi connectivity index (χ0v) is 15.0. The first-order valence-electron chi connectivity index (χ1n) is 7.80. The number of aliphatic hydroxyl groups is 2. The maximum Gasteiger partial charge on any atom is 0.292 e. The van der Waals surface area contributed by atoms with E-state index in [4.69, 9.17) is 15.0 Å². The molecule has 0 saturated heterocycles. The van der Waals surface area contributed by atoms with Gasteiger partial charge < -0.3 is 14.9 Å². The van der Waals surface area contributed by atoms with Gasteiger partial charge in [-0.3, -0.25) is 4.79 Å². The summed E-state index contributed by atoms with van der Waals surface area (Å²) >= 11 is 0. The first kappa shape index (κ1) is 25.1. The smallest absolute Gasteiger partial charge is 0.292 e. The first-order chi connectivity index (χ1) is 9.86. The Bertz CT molecular complexity index is 242. The second kappa shape index (κ2) is 17.2. The fraction of sp³-hybridized carbons (Fsp3) is 0.824. The van der Waals surface area contributed by atoms with Crippen LogP contribution in [-0.2, 0) is 9.53 Å². The number of ether oxygens (including phenoxy) is 1. The maximum absolute atomic E-state index is 8.95. The number of aliphatic hydroxyl groups excluding tert-OH is 1. The molecule has 1 aliphatic rings. The van der Waals surface area contributed by atoms with Gasteiger partial charge in [0, 0.05) is 0 Å². The predicted molar refractivity (Wildman–Crippen MR) is 89.2 cm³/mol. The van der Waals surface area contributed by atoms with Crippen molar-refractivity contribution in [1.82, 2.24) is 0 Å². The standard InChI is InChI=1S/C9H16.C4H10O2.C2H4O2.C2H6/c1-3-8-6-5-7-9(8)4-2;1-4(2,6)3-5;1-4-2-3;1-2/h3,9H,4-7H2,1-2H3;5-6H,3H2,1-2H3;2H,1H3;1-2H3/b8-3-;;;. The Morgan fingerprint density at radius 1 is 1.38 bits per heavy atom. The van der Waals surface area contributed by atoms with E-state index in [-0.39, 0.29) is 6.61 Å². The minimum Gasteiger partial charge on any atom is -0.471 e. The Kier molecular flexibility index (Phi) is 20.5. The van der Waals surface area contributed by atoms with E-state index in [1.54, 1.807) is 19.4 Å². The van der Waals surface area contributed by atoms with Gasteiger partial charge in [-0.05, 0) is 52.4 Å². The molecule has 1 atom stereocenters. The van der Waals surface area contributed by atoms with Gasteiger partial charge in [-0.2, -0.15) is 0 Å². The van der Waals surface area contributed by atoms with E-state index in [0.29, 0.717) is 6.47 Å². The van der Waals surface area contributed by atoms with Gasteiger partial charge in [0.25, 0.3) is 6.47 Å². The Morgan fingerprint density at radius 3 is 2.00 bits per heavy atom. The molecule has 0 aromatic heterocycles. The summed E-state index contributed by atoms with van der Waals surface area (Å²) in [4.78, 5) is 8.95. The third-order valence-electron chi connectivity index (χ3n) is 2.89. The van der Waals surface area contributed by atoms with Crippen LogP contribution in [0.15, 0.2) is 11.6 Å². The molecule has 1 saturated carbocycles. The van der Waals surface area contributed by atoms with Crippen molar-refractivity contribution in [2.45, 2.75) is 72.8 Å². The molecule has 0 radical (unpaired) electrons. The number of hydrogen-bond donors (Lipinski definition) is 2. The van der Waals surface area contributed by atoms with Gasteiger partial charge in [-0.1, -0.05) is 32.4 Å². The molecule has 2 N–H and O–H groups in total. The lowest BCUT2D eigenvalue weighted by Crippen LogP contribution is -2.23. The fourth-order valence-electron chi connectivity index (χ4n) is 1.79. The van der Waals surface area contributed by atoms with Crippen molar-refractivity contribution in [3.63, 3.8) is 0 Å². The van der Waals surface area contributed by atoms with Gasteiger partial charge >= 0.3 is 0 Å². The number of hydrogen-bond acceptors (Lipinski definition) is 4. The van der Waals surface area contributed by atoms with Crippen molar-refractivity contribution in [3.05, 3.63) is 11.6 Å². The highest BCUT2D eigenvalue weighted by molar-refractivity contribution is 5.36. The number of carbonyl (C=O) groups excluding carboxylic acids is 1. The summed E-state index contributed by atoms with van der Waals surface area (Å²) in [6.07, 6.45) is 7.89.